The number of hydrogen-bond donors (Lipinski definition) is 1. The molecule has 0 bridgehead atoms. The maximum Gasteiger partial charge on any atom is 0.224 e. The van der Waals surface area contributed by atoms with E-state index in [1.807, 2.05) is 30.2 Å². The van der Waals surface area contributed by atoms with Crippen molar-refractivity contribution in [2.75, 3.05) is 38.5 Å². The van der Waals surface area contributed by atoms with Gasteiger partial charge >= 0.3 is 0 Å². The quantitative estimate of drug-likeness (QED) is 0.675. The van der Waals surface area contributed by atoms with Gasteiger partial charge in [0.2, 0.25) is 5.91 Å². The van der Waals surface area contributed by atoms with Crippen LogP contribution in [0.1, 0.15) is 45.1 Å². The Morgan fingerprint density at radius 2 is 2.11 bits per heavy atom. The van der Waals surface area contributed by atoms with Crippen LogP contribution in [0.4, 0.5) is 0 Å². The van der Waals surface area contributed by atoms with E-state index in [0.29, 0.717) is 11.3 Å². The highest BCUT2D eigenvalue weighted by atomic mass is 32.2. The third-order valence-corrected chi connectivity index (χ3v) is 6.99. The van der Waals surface area contributed by atoms with Gasteiger partial charge in [-0.3, -0.25) is 19.6 Å². The summed E-state index contributed by atoms with van der Waals surface area (Å²) in [5.74, 6) is 1.45. The molecular formula is C22H36N4OS. The fraction of sp³-hybridized carbons (Fsp3) is 0.727. The minimum absolute atomic E-state index is 0.172. The number of amides is 1. The van der Waals surface area contributed by atoms with E-state index in [-0.39, 0.29) is 11.8 Å². The van der Waals surface area contributed by atoms with Crippen molar-refractivity contribution < 1.29 is 4.79 Å². The van der Waals surface area contributed by atoms with Gasteiger partial charge in [-0.05, 0) is 62.2 Å². The minimum atomic E-state index is 0.172. The lowest BCUT2D eigenvalue weighted by Gasteiger charge is -2.42. The summed E-state index contributed by atoms with van der Waals surface area (Å²) in [4.78, 5) is 21.9. The maximum absolute atomic E-state index is 12.6. The van der Waals surface area contributed by atoms with Crippen molar-refractivity contribution >= 4 is 17.7 Å². The van der Waals surface area contributed by atoms with Crippen molar-refractivity contribution in [2.24, 2.45) is 5.92 Å². The van der Waals surface area contributed by atoms with Crippen LogP contribution < -0.4 is 5.32 Å². The zero-order valence-corrected chi connectivity index (χ0v) is 18.3. The summed E-state index contributed by atoms with van der Waals surface area (Å²) in [5, 5.41) is 3.80. The van der Waals surface area contributed by atoms with Gasteiger partial charge in [0.15, 0.2) is 0 Å². The van der Waals surface area contributed by atoms with Crippen LogP contribution in [0.25, 0.3) is 0 Å². The molecule has 1 atom stereocenters. The van der Waals surface area contributed by atoms with Crippen molar-refractivity contribution in [3.63, 3.8) is 0 Å². The van der Waals surface area contributed by atoms with Gasteiger partial charge in [0.1, 0.15) is 0 Å². The summed E-state index contributed by atoms with van der Waals surface area (Å²) in [6.45, 7) is 10.6. The second kappa shape index (κ2) is 11.2. The predicted octanol–water partition coefficient (Wildman–Crippen LogP) is 3.02. The molecule has 0 radical (unpaired) electrons. The first kappa shape index (κ1) is 21.6. The van der Waals surface area contributed by atoms with E-state index < -0.39 is 0 Å². The number of aromatic nitrogens is 1. The standard InChI is InChI=1S/C22H36N4OS/c1-18(2)28-14-10-24-22(27)20-6-4-11-26(17-20)21-7-12-25(13-8-21)16-19-5-3-9-23-15-19/h3,5,9,15,18,20-21H,4,6-8,10-14,16-17H2,1-2H3,(H,24,27). The molecule has 2 aliphatic heterocycles. The monoisotopic (exact) mass is 404 g/mol. The second-order valence-corrected chi connectivity index (χ2v) is 10.1. The molecule has 0 aliphatic carbocycles. The number of hydrogen-bond acceptors (Lipinski definition) is 5. The summed E-state index contributed by atoms with van der Waals surface area (Å²) < 4.78 is 0. The minimum Gasteiger partial charge on any atom is -0.355 e. The van der Waals surface area contributed by atoms with E-state index in [1.165, 1.54) is 18.4 Å². The highest BCUT2D eigenvalue weighted by Crippen LogP contribution is 2.24. The predicted molar refractivity (Wildman–Crippen MR) is 117 cm³/mol. The van der Waals surface area contributed by atoms with E-state index in [4.69, 9.17) is 0 Å². The third kappa shape index (κ3) is 6.75. The lowest BCUT2D eigenvalue weighted by Crippen LogP contribution is -2.50. The number of nitrogens with one attached hydrogen (secondary N) is 1. The van der Waals surface area contributed by atoms with Crippen LogP contribution in [-0.4, -0.2) is 70.5 Å². The molecule has 28 heavy (non-hydrogen) atoms. The molecule has 1 unspecified atom stereocenters. The highest BCUT2D eigenvalue weighted by Gasteiger charge is 2.31. The third-order valence-electron chi connectivity index (χ3n) is 5.88. The molecule has 2 fully saturated rings. The molecule has 0 aromatic carbocycles. The Balaban J connectivity index is 1.39. The van der Waals surface area contributed by atoms with Gasteiger partial charge in [-0.1, -0.05) is 19.9 Å². The van der Waals surface area contributed by atoms with Crippen LogP contribution >= 0.6 is 11.8 Å². The molecule has 1 N–H and O–H groups in total. The van der Waals surface area contributed by atoms with E-state index in [0.717, 1.165) is 57.9 Å². The van der Waals surface area contributed by atoms with Crippen LogP contribution in [0.2, 0.25) is 0 Å². The molecule has 1 aromatic heterocycles. The molecule has 2 aliphatic rings. The smallest absolute Gasteiger partial charge is 0.224 e. The summed E-state index contributed by atoms with van der Waals surface area (Å²) in [5.41, 5.74) is 1.30. The number of carbonyl (C=O) groups excluding carboxylic acids is 1. The van der Waals surface area contributed by atoms with E-state index in [2.05, 4.69) is 40.0 Å². The fourth-order valence-corrected chi connectivity index (χ4v) is 5.05. The molecule has 3 heterocycles. The average Bonchev–Trinajstić information content (AvgIpc) is 2.72. The number of pyridine rings is 1. The Morgan fingerprint density at radius 3 is 2.82 bits per heavy atom. The highest BCUT2D eigenvalue weighted by molar-refractivity contribution is 7.99. The van der Waals surface area contributed by atoms with Gasteiger partial charge < -0.3 is 5.32 Å². The molecule has 0 saturated carbocycles. The Labute approximate surface area is 174 Å². The first-order valence-corrected chi connectivity index (χ1v) is 11.9. The van der Waals surface area contributed by atoms with Crippen molar-refractivity contribution in [1.82, 2.24) is 20.1 Å². The molecule has 156 valence electrons. The van der Waals surface area contributed by atoms with Crippen LogP contribution in [0.15, 0.2) is 24.5 Å². The zero-order valence-electron chi connectivity index (χ0n) is 17.5. The normalized spacial score (nSPS) is 22.5. The topological polar surface area (TPSA) is 48.5 Å². The molecule has 3 rings (SSSR count). The van der Waals surface area contributed by atoms with Gasteiger partial charge in [-0.15, -0.1) is 0 Å². The van der Waals surface area contributed by atoms with Gasteiger partial charge in [-0.2, -0.15) is 11.8 Å². The molecule has 5 nitrogen and oxygen atoms in total. The molecule has 1 amide bonds. The fourth-order valence-electron chi connectivity index (χ4n) is 4.36. The Hall–Kier alpha value is -1.11. The summed E-state index contributed by atoms with van der Waals surface area (Å²) in [6, 6.07) is 4.81. The molecule has 0 spiro atoms. The van der Waals surface area contributed by atoms with Crippen LogP contribution in [0.5, 0.6) is 0 Å². The SMILES string of the molecule is CC(C)SCCNC(=O)C1CCCN(C2CCN(Cc3cccnc3)CC2)C1. The van der Waals surface area contributed by atoms with Crippen LogP contribution in [0.3, 0.4) is 0 Å². The van der Waals surface area contributed by atoms with Crippen molar-refractivity contribution in [3.8, 4) is 0 Å². The second-order valence-electron chi connectivity index (χ2n) is 8.41. The van der Waals surface area contributed by atoms with E-state index in [9.17, 15) is 4.79 Å². The van der Waals surface area contributed by atoms with Gasteiger partial charge in [0, 0.05) is 43.8 Å². The Morgan fingerprint density at radius 1 is 1.29 bits per heavy atom. The van der Waals surface area contributed by atoms with Gasteiger partial charge in [-0.25, -0.2) is 0 Å². The van der Waals surface area contributed by atoms with Gasteiger partial charge in [0.25, 0.3) is 0 Å². The maximum atomic E-state index is 12.6. The number of rotatable bonds is 8. The Kier molecular flexibility index (Phi) is 8.62. The molecular weight excluding hydrogens is 368 g/mol. The number of piperidine rings is 2. The zero-order chi connectivity index (χ0) is 19.8. The van der Waals surface area contributed by atoms with Crippen LogP contribution in [0, 0.1) is 5.92 Å². The molecule has 1 aromatic rings. The first-order chi connectivity index (χ1) is 13.6. The molecule has 6 heteroatoms. The van der Waals surface area contributed by atoms with Crippen molar-refractivity contribution in [3.05, 3.63) is 30.1 Å². The summed E-state index contributed by atoms with van der Waals surface area (Å²) >= 11 is 1.91. The van der Waals surface area contributed by atoms with Crippen molar-refractivity contribution in [1.29, 1.82) is 0 Å². The average molecular weight is 405 g/mol. The lowest BCUT2D eigenvalue weighted by atomic mass is 9.93. The molecule has 2 saturated heterocycles. The summed E-state index contributed by atoms with van der Waals surface area (Å²) in [7, 11) is 0. The Bertz CT molecular complexity index is 589. The van der Waals surface area contributed by atoms with Crippen molar-refractivity contribution in [2.45, 2.75) is 57.4 Å². The van der Waals surface area contributed by atoms with Crippen LogP contribution in [-0.2, 0) is 11.3 Å². The summed E-state index contributed by atoms with van der Waals surface area (Å²) in [6.07, 6.45) is 8.41. The number of likely N-dealkylation sites (tertiary alicyclic amines) is 2. The number of carbonyl (C=O) groups is 1. The first-order valence-electron chi connectivity index (χ1n) is 10.9. The van der Waals surface area contributed by atoms with E-state index >= 15 is 0 Å². The number of thioether (sulfide) groups is 1. The largest absolute Gasteiger partial charge is 0.355 e. The van der Waals surface area contributed by atoms with E-state index in [1.54, 1.807) is 0 Å². The number of nitrogens with zero attached hydrogens (tertiary/aromatic N) is 3. The van der Waals surface area contributed by atoms with Gasteiger partial charge in [0.05, 0.1) is 5.92 Å². The lowest BCUT2D eigenvalue weighted by molar-refractivity contribution is -0.127.